The summed E-state index contributed by atoms with van der Waals surface area (Å²) < 4.78 is 15.0. The lowest BCUT2D eigenvalue weighted by atomic mass is 10.1. The Bertz CT molecular complexity index is 1100. The van der Waals surface area contributed by atoms with Crippen molar-refractivity contribution < 1.29 is 9.18 Å². The summed E-state index contributed by atoms with van der Waals surface area (Å²) in [5.74, 6) is -0.711. The van der Waals surface area contributed by atoms with Crippen LogP contribution in [0.2, 0.25) is 5.02 Å². The third-order valence-corrected chi connectivity index (χ3v) is 5.14. The number of alkyl halides is 1. The number of aromatic nitrogens is 2. The molecule has 1 aromatic heterocycles. The highest BCUT2D eigenvalue weighted by atomic mass is 35.5. The number of carbonyl (C=O) groups is 1. The van der Waals surface area contributed by atoms with E-state index in [0.29, 0.717) is 28.8 Å². The van der Waals surface area contributed by atoms with Crippen LogP contribution in [0.1, 0.15) is 25.2 Å². The number of rotatable bonds is 5. The second-order valence-electron chi connectivity index (χ2n) is 6.29. The molecular formula is C20H18Cl2FN3O2. The first-order valence-corrected chi connectivity index (χ1v) is 9.59. The van der Waals surface area contributed by atoms with Gasteiger partial charge in [-0.1, -0.05) is 30.7 Å². The Morgan fingerprint density at radius 2 is 2.00 bits per heavy atom. The zero-order chi connectivity index (χ0) is 20.4. The van der Waals surface area contributed by atoms with Crippen LogP contribution in [0.5, 0.6) is 0 Å². The van der Waals surface area contributed by atoms with Gasteiger partial charge >= 0.3 is 0 Å². The minimum Gasteiger partial charge on any atom is -0.335 e. The number of hydrogen-bond acceptors (Lipinski definition) is 3. The molecule has 0 fully saturated rings. The quantitative estimate of drug-likeness (QED) is 0.576. The summed E-state index contributed by atoms with van der Waals surface area (Å²) in [5.41, 5.74) is 0.556. The van der Waals surface area contributed by atoms with Gasteiger partial charge in [-0.3, -0.25) is 14.2 Å². The molecule has 3 aromatic rings. The monoisotopic (exact) mass is 421 g/mol. The summed E-state index contributed by atoms with van der Waals surface area (Å²) in [6.07, 6.45) is 0.499. The average Bonchev–Trinajstić information content (AvgIpc) is 2.70. The first-order valence-electron chi connectivity index (χ1n) is 8.67. The van der Waals surface area contributed by atoms with Crippen molar-refractivity contribution in [2.75, 3.05) is 12.9 Å². The lowest BCUT2D eigenvalue weighted by molar-refractivity contribution is -0.129. The van der Waals surface area contributed by atoms with Crippen LogP contribution in [0.25, 0.3) is 16.6 Å². The van der Waals surface area contributed by atoms with Gasteiger partial charge in [0.25, 0.3) is 5.56 Å². The van der Waals surface area contributed by atoms with Gasteiger partial charge < -0.3 is 4.90 Å². The minimum absolute atomic E-state index is 0.109. The van der Waals surface area contributed by atoms with Gasteiger partial charge in [-0.05, 0) is 36.8 Å². The van der Waals surface area contributed by atoms with Crippen molar-refractivity contribution >= 4 is 40.0 Å². The van der Waals surface area contributed by atoms with E-state index in [-0.39, 0.29) is 22.4 Å². The van der Waals surface area contributed by atoms with Crippen LogP contribution in [0.4, 0.5) is 4.39 Å². The standard InChI is InChI=1S/C20H18Cl2FN3O2/c1-3-17(25(2)18(27)11-21)19-24-16-7-5-4-6-13(16)20(28)26(19)12-8-9-15(23)14(22)10-12/h4-10,17H,3,11H2,1-2H3. The molecule has 1 heterocycles. The van der Waals surface area contributed by atoms with E-state index in [1.165, 1.54) is 27.7 Å². The number of benzene rings is 2. The van der Waals surface area contributed by atoms with Gasteiger partial charge in [-0.15, -0.1) is 11.6 Å². The fourth-order valence-corrected chi connectivity index (χ4v) is 3.51. The van der Waals surface area contributed by atoms with Crippen LogP contribution in [-0.2, 0) is 4.79 Å². The number of nitrogens with zero attached hydrogens (tertiary/aromatic N) is 3. The normalized spacial score (nSPS) is 12.2. The Balaban J connectivity index is 2.35. The number of fused-ring (bicyclic) bond motifs is 1. The maximum Gasteiger partial charge on any atom is 0.266 e. The molecule has 2 aromatic carbocycles. The minimum atomic E-state index is -0.588. The molecule has 0 radical (unpaired) electrons. The molecule has 0 N–H and O–H groups in total. The number of amides is 1. The largest absolute Gasteiger partial charge is 0.335 e. The van der Waals surface area contributed by atoms with E-state index in [0.717, 1.165) is 0 Å². The molecular weight excluding hydrogens is 404 g/mol. The molecule has 0 saturated heterocycles. The van der Waals surface area contributed by atoms with Crippen LogP contribution in [0.15, 0.2) is 47.3 Å². The number of carbonyl (C=O) groups excluding carboxylic acids is 1. The van der Waals surface area contributed by atoms with Gasteiger partial charge in [0.15, 0.2) is 0 Å². The van der Waals surface area contributed by atoms with Gasteiger partial charge in [0.1, 0.15) is 17.5 Å². The van der Waals surface area contributed by atoms with Gasteiger partial charge in [0.2, 0.25) is 5.91 Å². The molecule has 28 heavy (non-hydrogen) atoms. The molecule has 0 aliphatic rings. The molecule has 0 aliphatic heterocycles. The molecule has 0 saturated carbocycles. The molecule has 8 heteroatoms. The highest BCUT2D eigenvalue weighted by Crippen LogP contribution is 2.26. The molecule has 146 valence electrons. The highest BCUT2D eigenvalue weighted by molar-refractivity contribution is 6.30. The predicted molar refractivity (Wildman–Crippen MR) is 109 cm³/mol. The Morgan fingerprint density at radius 3 is 2.64 bits per heavy atom. The third-order valence-electron chi connectivity index (χ3n) is 4.62. The average molecular weight is 422 g/mol. The number of hydrogen-bond donors (Lipinski definition) is 0. The Kier molecular flexibility index (Phi) is 6.01. The second kappa shape index (κ2) is 8.29. The topological polar surface area (TPSA) is 55.2 Å². The van der Waals surface area contributed by atoms with Crippen molar-refractivity contribution in [3.63, 3.8) is 0 Å². The smallest absolute Gasteiger partial charge is 0.266 e. The summed E-state index contributed by atoms with van der Waals surface area (Å²) in [4.78, 5) is 31.6. The van der Waals surface area contributed by atoms with E-state index in [1.807, 2.05) is 6.92 Å². The Morgan fingerprint density at radius 1 is 1.29 bits per heavy atom. The number of para-hydroxylation sites is 1. The Labute approximate surface area is 171 Å². The molecule has 1 amide bonds. The maximum atomic E-state index is 13.7. The second-order valence-corrected chi connectivity index (χ2v) is 6.96. The third kappa shape index (κ3) is 3.62. The van der Waals surface area contributed by atoms with E-state index in [4.69, 9.17) is 23.2 Å². The summed E-state index contributed by atoms with van der Waals surface area (Å²) in [6, 6.07) is 10.4. The SMILES string of the molecule is CCC(c1nc2ccccc2c(=O)n1-c1ccc(F)c(Cl)c1)N(C)C(=O)CCl. The van der Waals surface area contributed by atoms with Crippen molar-refractivity contribution in [3.8, 4) is 5.69 Å². The van der Waals surface area contributed by atoms with Gasteiger partial charge in [-0.25, -0.2) is 9.37 Å². The van der Waals surface area contributed by atoms with Crippen molar-refractivity contribution in [1.82, 2.24) is 14.5 Å². The summed E-state index contributed by atoms with van der Waals surface area (Å²) in [7, 11) is 1.61. The first kappa shape index (κ1) is 20.3. The van der Waals surface area contributed by atoms with Gasteiger partial charge in [0, 0.05) is 7.05 Å². The van der Waals surface area contributed by atoms with Crippen molar-refractivity contribution in [2.45, 2.75) is 19.4 Å². The molecule has 5 nitrogen and oxygen atoms in total. The molecule has 0 bridgehead atoms. The lowest BCUT2D eigenvalue weighted by Crippen LogP contribution is -2.36. The van der Waals surface area contributed by atoms with Gasteiger partial charge in [-0.2, -0.15) is 0 Å². The van der Waals surface area contributed by atoms with Crippen molar-refractivity contribution in [3.05, 3.63) is 69.5 Å². The van der Waals surface area contributed by atoms with Gasteiger partial charge in [0.05, 0.1) is 27.7 Å². The first-order chi connectivity index (χ1) is 13.4. The fourth-order valence-electron chi connectivity index (χ4n) is 3.14. The molecule has 0 aliphatic carbocycles. The summed E-state index contributed by atoms with van der Waals surface area (Å²) in [6.45, 7) is 1.88. The van der Waals surface area contributed by atoms with Crippen LogP contribution in [0.3, 0.4) is 0 Å². The summed E-state index contributed by atoms with van der Waals surface area (Å²) >= 11 is 11.7. The van der Waals surface area contributed by atoms with Crippen LogP contribution < -0.4 is 5.56 Å². The van der Waals surface area contributed by atoms with E-state index >= 15 is 0 Å². The molecule has 0 spiro atoms. The summed E-state index contributed by atoms with van der Waals surface area (Å²) in [5, 5.41) is 0.301. The zero-order valence-corrected chi connectivity index (χ0v) is 16.8. The molecule has 1 unspecified atom stereocenters. The Hall–Kier alpha value is -2.44. The van der Waals surface area contributed by atoms with Crippen LogP contribution >= 0.6 is 23.2 Å². The fraction of sp³-hybridized carbons (Fsp3) is 0.250. The van der Waals surface area contributed by atoms with E-state index in [2.05, 4.69) is 4.98 Å². The van der Waals surface area contributed by atoms with Crippen LogP contribution in [-0.4, -0.2) is 33.3 Å². The van der Waals surface area contributed by atoms with Crippen LogP contribution in [0, 0.1) is 5.82 Å². The van der Waals surface area contributed by atoms with Crippen molar-refractivity contribution in [2.24, 2.45) is 0 Å². The molecule has 1 atom stereocenters. The van der Waals surface area contributed by atoms with Crippen molar-refractivity contribution in [1.29, 1.82) is 0 Å². The zero-order valence-electron chi connectivity index (χ0n) is 15.3. The highest BCUT2D eigenvalue weighted by Gasteiger charge is 2.26. The van der Waals surface area contributed by atoms with E-state index in [9.17, 15) is 14.0 Å². The molecule has 3 rings (SSSR count). The predicted octanol–water partition coefficient (Wildman–Crippen LogP) is 4.33. The van der Waals surface area contributed by atoms with E-state index < -0.39 is 11.9 Å². The van der Waals surface area contributed by atoms with E-state index in [1.54, 1.807) is 31.3 Å². The number of halogens is 3. The lowest BCUT2D eigenvalue weighted by Gasteiger charge is -2.28. The maximum absolute atomic E-state index is 13.7.